The first kappa shape index (κ1) is 11.6. The summed E-state index contributed by atoms with van der Waals surface area (Å²) < 4.78 is 0. The molecule has 2 heterocycles. The first-order chi connectivity index (χ1) is 7.75. The molecule has 88 valence electrons. The quantitative estimate of drug-likeness (QED) is 0.874. The van der Waals surface area contributed by atoms with Crippen molar-refractivity contribution in [1.82, 2.24) is 4.90 Å². The molecular weight excluding hydrogens is 222 g/mol. The number of aliphatic carboxylic acids is 1. The molecule has 16 heavy (non-hydrogen) atoms. The Labute approximate surface area is 99.7 Å². The van der Waals surface area contributed by atoms with E-state index in [0.29, 0.717) is 0 Å². The number of carbonyl (C=O) groups is 1. The molecule has 1 saturated heterocycles. The van der Waals surface area contributed by atoms with E-state index in [0.717, 1.165) is 38.9 Å². The number of likely N-dealkylation sites (tertiary alicyclic amines) is 1. The van der Waals surface area contributed by atoms with Gasteiger partial charge in [-0.25, -0.2) is 0 Å². The van der Waals surface area contributed by atoms with Gasteiger partial charge < -0.3 is 10.0 Å². The number of thiophene rings is 1. The van der Waals surface area contributed by atoms with Gasteiger partial charge in [-0.3, -0.25) is 4.79 Å². The monoisotopic (exact) mass is 239 g/mol. The fourth-order valence-electron chi connectivity index (χ4n) is 2.13. The minimum atomic E-state index is -0.627. The summed E-state index contributed by atoms with van der Waals surface area (Å²) >= 11 is 1.80. The predicted octanol–water partition coefficient (Wildman–Crippen LogP) is 2.09. The van der Waals surface area contributed by atoms with Gasteiger partial charge in [-0.05, 0) is 43.8 Å². The molecule has 0 atom stereocenters. The smallest absolute Gasteiger partial charge is 0.306 e. The van der Waals surface area contributed by atoms with Crippen LogP contribution in [-0.4, -0.2) is 35.6 Å². The molecule has 1 fully saturated rings. The lowest BCUT2D eigenvalue weighted by molar-refractivity contribution is -0.143. The Hall–Kier alpha value is -0.870. The molecule has 1 aromatic heterocycles. The molecule has 4 heteroatoms. The Kier molecular flexibility index (Phi) is 3.96. The van der Waals surface area contributed by atoms with E-state index in [9.17, 15) is 4.79 Å². The Morgan fingerprint density at radius 2 is 2.25 bits per heavy atom. The van der Waals surface area contributed by atoms with Crippen LogP contribution < -0.4 is 0 Å². The summed E-state index contributed by atoms with van der Waals surface area (Å²) in [6.07, 6.45) is 2.70. The van der Waals surface area contributed by atoms with Crippen LogP contribution >= 0.6 is 11.3 Å². The molecule has 0 amide bonds. The largest absolute Gasteiger partial charge is 0.481 e. The number of carboxylic acid groups (broad SMARTS) is 1. The van der Waals surface area contributed by atoms with Crippen molar-refractivity contribution in [3.8, 4) is 0 Å². The van der Waals surface area contributed by atoms with Crippen molar-refractivity contribution in [2.45, 2.75) is 19.3 Å². The predicted molar refractivity (Wildman–Crippen MR) is 64.8 cm³/mol. The van der Waals surface area contributed by atoms with Crippen molar-refractivity contribution in [2.24, 2.45) is 5.92 Å². The highest BCUT2D eigenvalue weighted by Gasteiger charge is 2.23. The van der Waals surface area contributed by atoms with Crippen LogP contribution in [0.15, 0.2) is 17.5 Å². The van der Waals surface area contributed by atoms with Crippen molar-refractivity contribution in [3.63, 3.8) is 0 Å². The number of hydrogen-bond donors (Lipinski definition) is 1. The molecule has 0 aromatic carbocycles. The highest BCUT2D eigenvalue weighted by atomic mass is 32.1. The maximum Gasteiger partial charge on any atom is 0.306 e. The third kappa shape index (κ3) is 3.06. The number of nitrogens with zero attached hydrogens (tertiary/aromatic N) is 1. The maximum atomic E-state index is 10.8. The summed E-state index contributed by atoms with van der Waals surface area (Å²) in [5, 5.41) is 11.0. The van der Waals surface area contributed by atoms with Crippen molar-refractivity contribution < 1.29 is 9.90 Å². The van der Waals surface area contributed by atoms with E-state index in [1.807, 2.05) is 0 Å². The lowest BCUT2D eigenvalue weighted by atomic mass is 9.97. The minimum Gasteiger partial charge on any atom is -0.481 e. The van der Waals surface area contributed by atoms with Crippen LogP contribution in [0.4, 0.5) is 0 Å². The normalized spacial score (nSPS) is 18.8. The van der Waals surface area contributed by atoms with Gasteiger partial charge in [0.15, 0.2) is 0 Å². The average Bonchev–Trinajstić information content (AvgIpc) is 2.80. The topological polar surface area (TPSA) is 40.5 Å². The Morgan fingerprint density at radius 1 is 1.50 bits per heavy atom. The standard InChI is InChI=1S/C12H17NO2S/c14-12(15)10-3-6-13(7-4-10)8-5-11-2-1-9-16-11/h1-2,9-10H,3-8H2,(H,14,15). The van der Waals surface area contributed by atoms with E-state index in [4.69, 9.17) is 5.11 Å². The van der Waals surface area contributed by atoms with Crippen molar-refractivity contribution in [2.75, 3.05) is 19.6 Å². The second-order valence-electron chi connectivity index (χ2n) is 4.28. The SMILES string of the molecule is O=C(O)C1CCN(CCc2cccs2)CC1. The lowest BCUT2D eigenvalue weighted by Gasteiger charge is -2.29. The fraction of sp³-hybridized carbons (Fsp3) is 0.583. The van der Waals surface area contributed by atoms with Crippen LogP contribution in [0.2, 0.25) is 0 Å². The van der Waals surface area contributed by atoms with Gasteiger partial charge in [0.1, 0.15) is 0 Å². The first-order valence-electron chi connectivity index (χ1n) is 5.73. The van der Waals surface area contributed by atoms with E-state index < -0.39 is 5.97 Å². The molecule has 0 bridgehead atoms. The van der Waals surface area contributed by atoms with Gasteiger partial charge in [-0.1, -0.05) is 6.07 Å². The molecule has 0 aliphatic carbocycles. The summed E-state index contributed by atoms with van der Waals surface area (Å²) in [7, 11) is 0. The fourth-order valence-corrected chi connectivity index (χ4v) is 2.82. The van der Waals surface area contributed by atoms with E-state index in [1.165, 1.54) is 4.88 Å². The molecule has 1 aliphatic rings. The van der Waals surface area contributed by atoms with Gasteiger partial charge in [0.25, 0.3) is 0 Å². The molecule has 0 saturated carbocycles. The van der Waals surface area contributed by atoms with Crippen LogP contribution in [0.5, 0.6) is 0 Å². The van der Waals surface area contributed by atoms with Crippen molar-refractivity contribution in [1.29, 1.82) is 0 Å². The maximum absolute atomic E-state index is 10.8. The van der Waals surface area contributed by atoms with Gasteiger partial charge in [-0.2, -0.15) is 0 Å². The zero-order chi connectivity index (χ0) is 11.4. The molecule has 3 nitrogen and oxygen atoms in total. The summed E-state index contributed by atoms with van der Waals surface area (Å²) in [4.78, 5) is 14.6. The average molecular weight is 239 g/mol. The molecule has 0 unspecified atom stereocenters. The van der Waals surface area contributed by atoms with Crippen LogP contribution in [0.25, 0.3) is 0 Å². The molecule has 2 rings (SSSR count). The van der Waals surface area contributed by atoms with Crippen molar-refractivity contribution in [3.05, 3.63) is 22.4 Å². The van der Waals surface area contributed by atoms with Crippen LogP contribution in [0, 0.1) is 5.92 Å². The summed E-state index contributed by atoms with van der Waals surface area (Å²) in [5.74, 6) is -0.740. The minimum absolute atomic E-state index is 0.113. The van der Waals surface area contributed by atoms with E-state index in [-0.39, 0.29) is 5.92 Å². The molecular formula is C12H17NO2S. The van der Waals surface area contributed by atoms with Gasteiger partial charge in [0.2, 0.25) is 0 Å². The number of piperidine rings is 1. The van der Waals surface area contributed by atoms with E-state index in [2.05, 4.69) is 22.4 Å². The number of rotatable bonds is 4. The Bertz CT molecular complexity index is 329. The third-order valence-corrected chi connectivity index (χ3v) is 4.13. The third-order valence-electron chi connectivity index (χ3n) is 3.19. The van der Waals surface area contributed by atoms with Crippen LogP contribution in [0.1, 0.15) is 17.7 Å². The van der Waals surface area contributed by atoms with Gasteiger partial charge in [-0.15, -0.1) is 11.3 Å². The lowest BCUT2D eigenvalue weighted by Crippen LogP contribution is -2.37. The molecule has 1 aromatic rings. The van der Waals surface area contributed by atoms with E-state index >= 15 is 0 Å². The molecule has 1 N–H and O–H groups in total. The second kappa shape index (κ2) is 5.46. The molecule has 0 spiro atoms. The number of hydrogen-bond acceptors (Lipinski definition) is 3. The zero-order valence-corrected chi connectivity index (χ0v) is 10.1. The summed E-state index contributed by atoms with van der Waals surface area (Å²) in [5.41, 5.74) is 0. The van der Waals surface area contributed by atoms with Crippen LogP contribution in [-0.2, 0) is 11.2 Å². The summed E-state index contributed by atoms with van der Waals surface area (Å²) in [6, 6.07) is 4.24. The van der Waals surface area contributed by atoms with Gasteiger partial charge in [0, 0.05) is 11.4 Å². The first-order valence-corrected chi connectivity index (χ1v) is 6.61. The van der Waals surface area contributed by atoms with Gasteiger partial charge in [0.05, 0.1) is 5.92 Å². The number of carboxylic acids is 1. The zero-order valence-electron chi connectivity index (χ0n) is 9.26. The Morgan fingerprint density at radius 3 is 2.81 bits per heavy atom. The van der Waals surface area contributed by atoms with Gasteiger partial charge >= 0.3 is 5.97 Å². The molecule has 1 aliphatic heterocycles. The van der Waals surface area contributed by atoms with Crippen LogP contribution in [0.3, 0.4) is 0 Å². The highest BCUT2D eigenvalue weighted by molar-refractivity contribution is 7.09. The Balaban J connectivity index is 1.71. The second-order valence-corrected chi connectivity index (χ2v) is 5.32. The molecule has 0 radical (unpaired) electrons. The summed E-state index contributed by atoms with van der Waals surface area (Å²) in [6.45, 7) is 2.93. The highest BCUT2D eigenvalue weighted by Crippen LogP contribution is 2.18. The van der Waals surface area contributed by atoms with Crippen molar-refractivity contribution >= 4 is 17.3 Å². The van der Waals surface area contributed by atoms with E-state index in [1.54, 1.807) is 11.3 Å².